The molecule has 0 amide bonds. The standard InChI is InChI=1S/C12F20P/c13-1-2(14)4(16)6(5(17)3(1)15)33(31,32)12(29,30)10(24,25)8(20,21)7(18,19)9(22,23)11(26,27)28/q+1. The molecular weight excluding hydrogens is 555 g/mol. The third-order valence-electron chi connectivity index (χ3n) is 3.74. The Bertz CT molecular complexity index is 897. The number of hydrogen-bond acceptors (Lipinski definition) is 0. The van der Waals surface area contributed by atoms with E-state index < -0.39 is 77.8 Å². The van der Waals surface area contributed by atoms with Gasteiger partial charge in [0.15, 0.2) is 0 Å². The molecule has 0 saturated carbocycles. The van der Waals surface area contributed by atoms with Crippen molar-refractivity contribution in [3.05, 3.63) is 29.1 Å². The Kier molecular flexibility index (Phi) is 6.77. The highest BCUT2D eigenvalue weighted by atomic mass is 31.2. The van der Waals surface area contributed by atoms with Gasteiger partial charge >= 0.3 is 43.4 Å². The molecule has 1 aromatic rings. The second kappa shape index (κ2) is 7.63. The molecule has 192 valence electrons. The van der Waals surface area contributed by atoms with E-state index in [1.807, 2.05) is 0 Å². The first-order valence-corrected chi connectivity index (χ1v) is 8.51. The van der Waals surface area contributed by atoms with Crippen molar-refractivity contribution in [2.75, 3.05) is 0 Å². The van der Waals surface area contributed by atoms with Gasteiger partial charge in [-0.2, -0.15) is 65.9 Å². The van der Waals surface area contributed by atoms with Crippen molar-refractivity contribution in [1.82, 2.24) is 0 Å². The van der Waals surface area contributed by atoms with Gasteiger partial charge in [0.1, 0.15) is 0 Å². The number of hydrogen-bond donors (Lipinski definition) is 0. The molecule has 0 aliphatic rings. The van der Waals surface area contributed by atoms with Crippen molar-refractivity contribution in [2.45, 2.75) is 35.5 Å². The minimum Gasteiger partial charge on any atom is -0.200 e. The van der Waals surface area contributed by atoms with E-state index in [9.17, 15) is 87.4 Å². The van der Waals surface area contributed by atoms with Gasteiger partial charge in [-0.15, -0.1) is 0 Å². The monoisotopic (exact) mass is 555 g/mol. The van der Waals surface area contributed by atoms with E-state index in [4.69, 9.17) is 0 Å². The molecular formula is C12F20P+. The highest BCUT2D eigenvalue weighted by molar-refractivity contribution is 7.74. The van der Waals surface area contributed by atoms with E-state index >= 15 is 0 Å². The Balaban J connectivity index is 3.91. The molecule has 0 N–H and O–H groups in total. The van der Waals surface area contributed by atoms with E-state index in [-0.39, 0.29) is 0 Å². The highest BCUT2D eigenvalue weighted by Crippen LogP contribution is 2.79. The van der Waals surface area contributed by atoms with E-state index in [1.54, 1.807) is 0 Å². The predicted molar refractivity (Wildman–Crippen MR) is 65.8 cm³/mol. The summed E-state index contributed by atoms with van der Waals surface area (Å²) in [6.07, 6.45) is -7.87. The van der Waals surface area contributed by atoms with Crippen LogP contribution in [-0.2, 0) is 0 Å². The summed E-state index contributed by atoms with van der Waals surface area (Å²) in [5.74, 6) is -52.9. The predicted octanol–water partition coefficient (Wildman–Crippen LogP) is 7.49. The third kappa shape index (κ3) is 3.57. The molecule has 1 rings (SSSR count). The first-order chi connectivity index (χ1) is 14.2. The fourth-order valence-electron chi connectivity index (χ4n) is 1.92. The van der Waals surface area contributed by atoms with E-state index in [1.165, 1.54) is 0 Å². The van der Waals surface area contributed by atoms with Gasteiger partial charge in [0.2, 0.25) is 34.4 Å². The maximum atomic E-state index is 13.8. The van der Waals surface area contributed by atoms with Gasteiger partial charge in [0.05, 0.1) is 0 Å². The van der Waals surface area contributed by atoms with Crippen LogP contribution in [0.4, 0.5) is 87.4 Å². The SMILES string of the molecule is Fc1c(F)c(F)c([P+](F)(F)C(F)(F)C(F)(F)C(F)(F)C(F)(F)C(F)(F)C(F)(F)F)c(F)c1F. The van der Waals surface area contributed by atoms with Crippen molar-refractivity contribution in [2.24, 2.45) is 0 Å². The molecule has 21 heteroatoms. The summed E-state index contributed by atoms with van der Waals surface area (Å²) in [5, 5.41) is -4.20. The Morgan fingerprint density at radius 2 is 0.667 bits per heavy atom. The molecule has 1 aromatic carbocycles. The van der Waals surface area contributed by atoms with Gasteiger partial charge in [0.25, 0.3) is 0 Å². The molecule has 0 radical (unpaired) electrons. The topological polar surface area (TPSA) is 0 Å². The summed E-state index contributed by atoms with van der Waals surface area (Å²) >= 11 is 0. The average molecular weight is 555 g/mol. The smallest absolute Gasteiger partial charge is 0.200 e. The average Bonchev–Trinajstić information content (AvgIpc) is 2.62. The van der Waals surface area contributed by atoms with Crippen LogP contribution in [-0.4, -0.2) is 35.5 Å². The second-order valence-corrected chi connectivity index (χ2v) is 7.81. The summed E-state index contributed by atoms with van der Waals surface area (Å²) in [7, 11) is -9.35. The lowest BCUT2D eigenvalue weighted by Crippen LogP contribution is -2.70. The zero-order chi connectivity index (χ0) is 27.0. The van der Waals surface area contributed by atoms with Crippen molar-refractivity contribution < 1.29 is 87.4 Å². The molecule has 0 spiro atoms. The van der Waals surface area contributed by atoms with Crippen LogP contribution in [0.3, 0.4) is 0 Å². The Morgan fingerprint density at radius 3 is 0.970 bits per heavy atom. The van der Waals surface area contributed by atoms with E-state index in [0.29, 0.717) is 0 Å². The molecule has 0 unspecified atom stereocenters. The third-order valence-corrected chi connectivity index (χ3v) is 5.68. The zero-order valence-corrected chi connectivity index (χ0v) is 14.9. The largest absolute Gasteiger partial charge is 0.502 e. The molecule has 0 aliphatic heterocycles. The Hall–Kier alpha value is -1.75. The maximum absolute atomic E-state index is 13.8. The van der Waals surface area contributed by atoms with Gasteiger partial charge in [-0.05, 0) is 8.39 Å². The minimum atomic E-state index is -9.35. The summed E-state index contributed by atoms with van der Waals surface area (Å²) in [5.41, 5.74) is -8.38. The Labute approximate surface area is 166 Å². The number of halogens is 20. The number of benzene rings is 1. The minimum absolute atomic E-state index is 3.37. The van der Waals surface area contributed by atoms with Crippen molar-refractivity contribution in [3.8, 4) is 0 Å². The molecule has 0 atom stereocenters. The first kappa shape index (κ1) is 29.3. The van der Waals surface area contributed by atoms with Crippen LogP contribution in [0, 0.1) is 29.1 Å². The lowest BCUT2D eigenvalue weighted by Gasteiger charge is -2.38. The van der Waals surface area contributed by atoms with Crippen LogP contribution in [0.2, 0.25) is 0 Å². The number of rotatable bonds is 6. The fraction of sp³-hybridized carbons (Fsp3) is 0.500. The normalized spacial score (nSPS) is 15.3. The number of alkyl halides is 13. The van der Waals surface area contributed by atoms with Gasteiger partial charge in [-0.25, -0.2) is 13.2 Å². The van der Waals surface area contributed by atoms with Gasteiger partial charge < -0.3 is 0 Å². The van der Waals surface area contributed by atoms with Crippen LogP contribution in [0.5, 0.6) is 0 Å². The first-order valence-electron chi connectivity index (χ1n) is 6.94. The van der Waals surface area contributed by atoms with Crippen LogP contribution < -0.4 is 5.30 Å². The van der Waals surface area contributed by atoms with Crippen LogP contribution in [0.25, 0.3) is 0 Å². The molecule has 33 heavy (non-hydrogen) atoms. The molecule has 0 saturated heterocycles. The van der Waals surface area contributed by atoms with E-state index in [2.05, 4.69) is 0 Å². The molecule has 0 aliphatic carbocycles. The molecule has 0 nitrogen and oxygen atoms in total. The molecule has 0 fully saturated rings. The van der Waals surface area contributed by atoms with Crippen LogP contribution in [0.1, 0.15) is 0 Å². The summed E-state index contributed by atoms with van der Waals surface area (Å²) in [6, 6.07) is 0. The summed E-state index contributed by atoms with van der Waals surface area (Å²) in [6.45, 7) is 0. The van der Waals surface area contributed by atoms with Gasteiger partial charge in [-0.1, -0.05) is 0 Å². The lowest BCUT2D eigenvalue weighted by atomic mass is 9.98. The summed E-state index contributed by atoms with van der Waals surface area (Å²) in [4.78, 5) is 0. The van der Waals surface area contributed by atoms with E-state index in [0.717, 1.165) is 0 Å². The zero-order valence-electron chi connectivity index (χ0n) is 14.0. The maximum Gasteiger partial charge on any atom is 0.502 e. The molecule has 0 bridgehead atoms. The van der Waals surface area contributed by atoms with Crippen molar-refractivity contribution in [1.29, 1.82) is 0 Å². The van der Waals surface area contributed by atoms with Crippen molar-refractivity contribution in [3.63, 3.8) is 0 Å². The lowest BCUT2D eigenvalue weighted by molar-refractivity contribution is -0.434. The highest BCUT2D eigenvalue weighted by Gasteiger charge is 2.97. The van der Waals surface area contributed by atoms with Crippen molar-refractivity contribution >= 4 is 13.2 Å². The van der Waals surface area contributed by atoms with Crippen LogP contribution >= 0.6 is 7.88 Å². The summed E-state index contributed by atoms with van der Waals surface area (Å²) < 4.78 is 261. The second-order valence-electron chi connectivity index (χ2n) is 5.77. The fourth-order valence-corrected chi connectivity index (χ4v) is 3.38. The van der Waals surface area contributed by atoms with Crippen LogP contribution in [0.15, 0.2) is 0 Å². The molecule has 0 aromatic heterocycles. The van der Waals surface area contributed by atoms with Gasteiger partial charge in [-0.3, -0.25) is 0 Å². The quantitative estimate of drug-likeness (QED) is 0.148. The molecule has 0 heterocycles. The van der Waals surface area contributed by atoms with Gasteiger partial charge in [0, 0.05) is 0 Å². The Morgan fingerprint density at radius 1 is 0.394 bits per heavy atom.